The zero-order valence-corrected chi connectivity index (χ0v) is 13.2. The number of nitrogens with one attached hydrogen (secondary N) is 1. The SMILES string of the molecule is COC(=O)c1cc(Cl)cc(Cl)c1S(=O)(=O)N[C@H](C)C(=O)O. The van der Waals surface area contributed by atoms with Crippen LogP contribution in [0.25, 0.3) is 0 Å². The average molecular weight is 356 g/mol. The number of methoxy groups -OCH3 is 1. The minimum atomic E-state index is -4.36. The maximum atomic E-state index is 12.2. The van der Waals surface area contributed by atoms with Gasteiger partial charge in [0.2, 0.25) is 10.0 Å². The fourth-order valence-corrected chi connectivity index (χ4v) is 3.67. The van der Waals surface area contributed by atoms with Gasteiger partial charge in [0.05, 0.1) is 17.7 Å². The van der Waals surface area contributed by atoms with E-state index < -0.39 is 32.9 Å². The number of carbonyl (C=O) groups excluding carboxylic acids is 1. The second kappa shape index (κ2) is 6.61. The third-order valence-corrected chi connectivity index (χ3v) is 4.65. The van der Waals surface area contributed by atoms with Crippen molar-refractivity contribution in [1.82, 2.24) is 4.72 Å². The number of esters is 1. The van der Waals surface area contributed by atoms with Crippen LogP contribution in [0.2, 0.25) is 10.0 Å². The Bertz CT molecular complexity index is 688. The van der Waals surface area contributed by atoms with E-state index in [1.165, 1.54) is 0 Å². The summed E-state index contributed by atoms with van der Waals surface area (Å²) in [7, 11) is -3.30. The van der Waals surface area contributed by atoms with Crippen LogP contribution in [-0.2, 0) is 19.6 Å². The van der Waals surface area contributed by atoms with E-state index in [4.69, 9.17) is 28.3 Å². The molecule has 0 radical (unpaired) electrons. The molecule has 0 fully saturated rings. The Kier molecular flexibility index (Phi) is 5.57. The highest BCUT2D eigenvalue weighted by Gasteiger charge is 2.29. The molecule has 1 aromatic rings. The summed E-state index contributed by atoms with van der Waals surface area (Å²) in [5.41, 5.74) is -0.389. The van der Waals surface area contributed by atoms with Gasteiger partial charge in [-0.15, -0.1) is 0 Å². The zero-order chi connectivity index (χ0) is 16.4. The number of carboxylic acid groups (broad SMARTS) is 1. The van der Waals surface area contributed by atoms with Crippen molar-refractivity contribution in [2.45, 2.75) is 17.9 Å². The number of halogens is 2. The number of sulfonamides is 1. The van der Waals surface area contributed by atoms with Gasteiger partial charge in [0, 0.05) is 5.02 Å². The summed E-state index contributed by atoms with van der Waals surface area (Å²) in [6.07, 6.45) is 0. The van der Waals surface area contributed by atoms with Crippen molar-refractivity contribution in [3.63, 3.8) is 0 Å². The van der Waals surface area contributed by atoms with Crippen LogP contribution >= 0.6 is 23.2 Å². The maximum Gasteiger partial charge on any atom is 0.339 e. The van der Waals surface area contributed by atoms with Gasteiger partial charge in [0.1, 0.15) is 10.9 Å². The minimum Gasteiger partial charge on any atom is -0.480 e. The summed E-state index contributed by atoms with van der Waals surface area (Å²) >= 11 is 11.6. The number of rotatable bonds is 5. The Morgan fingerprint density at radius 3 is 2.38 bits per heavy atom. The van der Waals surface area contributed by atoms with Gasteiger partial charge in [-0.1, -0.05) is 23.2 Å². The van der Waals surface area contributed by atoms with Gasteiger partial charge in [-0.25, -0.2) is 13.2 Å². The third-order valence-electron chi connectivity index (χ3n) is 2.38. The lowest BCUT2D eigenvalue weighted by Crippen LogP contribution is -2.39. The van der Waals surface area contributed by atoms with Crippen molar-refractivity contribution in [1.29, 1.82) is 0 Å². The molecule has 7 nitrogen and oxygen atoms in total. The molecule has 0 aliphatic rings. The molecule has 10 heteroatoms. The van der Waals surface area contributed by atoms with E-state index in [0.29, 0.717) is 0 Å². The first-order valence-corrected chi connectivity index (χ1v) is 7.66. The molecular weight excluding hydrogens is 345 g/mol. The van der Waals surface area contributed by atoms with Crippen LogP contribution in [0, 0.1) is 0 Å². The lowest BCUT2D eigenvalue weighted by Gasteiger charge is -2.14. The van der Waals surface area contributed by atoms with Crippen LogP contribution in [0.1, 0.15) is 17.3 Å². The number of hydrogen-bond donors (Lipinski definition) is 2. The fraction of sp³-hybridized carbons (Fsp3) is 0.273. The van der Waals surface area contributed by atoms with Crippen molar-refractivity contribution in [3.8, 4) is 0 Å². The molecule has 1 aromatic carbocycles. The molecule has 21 heavy (non-hydrogen) atoms. The molecule has 0 saturated carbocycles. The van der Waals surface area contributed by atoms with Gasteiger partial charge >= 0.3 is 11.9 Å². The summed E-state index contributed by atoms with van der Waals surface area (Å²) in [5.74, 6) is -2.36. The van der Waals surface area contributed by atoms with E-state index >= 15 is 0 Å². The second-order valence-electron chi connectivity index (χ2n) is 3.94. The van der Waals surface area contributed by atoms with Crippen LogP contribution < -0.4 is 4.72 Å². The minimum absolute atomic E-state index is 0.0330. The van der Waals surface area contributed by atoms with Gasteiger partial charge in [-0.2, -0.15) is 4.72 Å². The average Bonchev–Trinajstić information content (AvgIpc) is 2.35. The van der Waals surface area contributed by atoms with Crippen LogP contribution in [0.15, 0.2) is 17.0 Å². The van der Waals surface area contributed by atoms with E-state index in [1.807, 2.05) is 4.72 Å². The van der Waals surface area contributed by atoms with Gasteiger partial charge in [-0.3, -0.25) is 4.79 Å². The molecule has 0 saturated heterocycles. The maximum absolute atomic E-state index is 12.2. The molecule has 2 N–H and O–H groups in total. The van der Waals surface area contributed by atoms with Crippen molar-refractivity contribution in [2.75, 3.05) is 7.11 Å². The van der Waals surface area contributed by atoms with E-state index in [0.717, 1.165) is 26.2 Å². The van der Waals surface area contributed by atoms with E-state index in [2.05, 4.69) is 4.74 Å². The van der Waals surface area contributed by atoms with Crippen molar-refractivity contribution in [2.24, 2.45) is 0 Å². The van der Waals surface area contributed by atoms with Gasteiger partial charge in [-0.05, 0) is 19.1 Å². The largest absolute Gasteiger partial charge is 0.480 e. The highest BCUT2D eigenvalue weighted by molar-refractivity contribution is 7.89. The van der Waals surface area contributed by atoms with Gasteiger partial charge < -0.3 is 9.84 Å². The Morgan fingerprint density at radius 1 is 1.33 bits per heavy atom. The Hall–Kier alpha value is -1.35. The van der Waals surface area contributed by atoms with Gasteiger partial charge in [0.15, 0.2) is 0 Å². The van der Waals surface area contributed by atoms with Crippen LogP contribution in [0.4, 0.5) is 0 Å². The normalized spacial score (nSPS) is 12.8. The quantitative estimate of drug-likeness (QED) is 0.775. The lowest BCUT2D eigenvalue weighted by atomic mass is 10.2. The molecule has 0 amide bonds. The molecular formula is C11H11Cl2NO6S. The molecule has 0 unspecified atom stereocenters. The standard InChI is InChI=1S/C11H11Cl2NO6S/c1-5(10(15)16)14-21(18,19)9-7(11(17)20-2)3-6(12)4-8(9)13/h3-5,14H,1-2H3,(H,15,16)/t5-/m1/s1. The summed E-state index contributed by atoms with van der Waals surface area (Å²) in [4.78, 5) is 21.8. The van der Waals surface area contributed by atoms with E-state index in [1.54, 1.807) is 0 Å². The van der Waals surface area contributed by atoms with Crippen LogP contribution in [-0.4, -0.2) is 38.6 Å². The van der Waals surface area contributed by atoms with Crippen molar-refractivity contribution >= 4 is 45.2 Å². The predicted octanol–water partition coefficient (Wildman–Crippen LogP) is 1.53. The third kappa shape index (κ3) is 4.07. The monoisotopic (exact) mass is 355 g/mol. The summed E-state index contributed by atoms with van der Waals surface area (Å²) in [6, 6.07) is 0.779. The van der Waals surface area contributed by atoms with E-state index in [-0.39, 0.29) is 15.6 Å². The number of hydrogen-bond acceptors (Lipinski definition) is 5. The molecule has 0 bridgehead atoms. The summed E-state index contributed by atoms with van der Waals surface area (Å²) < 4.78 is 30.8. The molecule has 116 valence electrons. The predicted molar refractivity (Wildman–Crippen MR) is 75.2 cm³/mol. The molecule has 0 aliphatic carbocycles. The van der Waals surface area contributed by atoms with Crippen LogP contribution in [0.5, 0.6) is 0 Å². The van der Waals surface area contributed by atoms with Crippen molar-refractivity contribution < 1.29 is 27.9 Å². The van der Waals surface area contributed by atoms with Crippen LogP contribution in [0.3, 0.4) is 0 Å². The topological polar surface area (TPSA) is 110 Å². The lowest BCUT2D eigenvalue weighted by molar-refractivity contribution is -0.138. The Labute approximate surface area is 130 Å². The number of ether oxygens (including phenoxy) is 1. The molecule has 1 atom stereocenters. The number of benzene rings is 1. The summed E-state index contributed by atoms with van der Waals surface area (Å²) in [6.45, 7) is 1.13. The first-order chi connectivity index (χ1) is 9.60. The summed E-state index contributed by atoms with van der Waals surface area (Å²) in [5, 5.41) is 8.46. The number of carbonyl (C=O) groups is 2. The Morgan fingerprint density at radius 2 is 1.90 bits per heavy atom. The molecule has 1 rings (SSSR count). The smallest absolute Gasteiger partial charge is 0.339 e. The first-order valence-electron chi connectivity index (χ1n) is 5.42. The molecule has 0 aliphatic heterocycles. The van der Waals surface area contributed by atoms with E-state index in [9.17, 15) is 18.0 Å². The second-order valence-corrected chi connectivity index (χ2v) is 6.43. The fourth-order valence-electron chi connectivity index (χ4n) is 1.44. The number of carboxylic acids is 1. The molecule has 0 heterocycles. The zero-order valence-electron chi connectivity index (χ0n) is 10.9. The Balaban J connectivity index is 3.47. The first kappa shape index (κ1) is 17.7. The highest BCUT2D eigenvalue weighted by Crippen LogP contribution is 2.30. The number of aliphatic carboxylic acids is 1. The van der Waals surface area contributed by atoms with Crippen molar-refractivity contribution in [3.05, 3.63) is 27.7 Å². The van der Waals surface area contributed by atoms with Gasteiger partial charge in [0.25, 0.3) is 0 Å². The molecule has 0 spiro atoms. The highest BCUT2D eigenvalue weighted by atomic mass is 35.5. The molecule has 0 aromatic heterocycles.